The van der Waals surface area contributed by atoms with Crippen molar-refractivity contribution in [3.05, 3.63) is 17.5 Å². The number of nitrogens with one attached hydrogen (secondary N) is 1. The fraction of sp³-hybridized carbons (Fsp3) is 0.636. The molecule has 2 unspecified atom stereocenters. The Hall–Kier alpha value is -0.910. The molecule has 0 aliphatic carbocycles. The van der Waals surface area contributed by atoms with Gasteiger partial charge in [-0.05, 0) is 13.3 Å². The van der Waals surface area contributed by atoms with Crippen LogP contribution in [0.25, 0.3) is 0 Å². The lowest BCUT2D eigenvalue weighted by molar-refractivity contribution is 0.0395. The Morgan fingerprint density at radius 1 is 1.65 bits per heavy atom. The molecular weight excluding hydrogens is 242 g/mol. The second kappa shape index (κ2) is 6.14. The zero-order valence-electron chi connectivity index (χ0n) is 9.73. The average molecular weight is 258 g/mol. The van der Waals surface area contributed by atoms with Crippen LogP contribution in [-0.2, 0) is 9.47 Å². The highest BCUT2D eigenvalue weighted by Crippen LogP contribution is 2.11. The largest absolute Gasteiger partial charge is 0.379 e. The zero-order valence-corrected chi connectivity index (χ0v) is 10.5. The summed E-state index contributed by atoms with van der Waals surface area (Å²) in [6.45, 7) is 4.14. The van der Waals surface area contributed by atoms with Gasteiger partial charge in [-0.2, -0.15) is 0 Å². The van der Waals surface area contributed by atoms with E-state index in [4.69, 9.17) is 21.1 Å². The first-order valence-electron chi connectivity index (χ1n) is 5.67. The molecule has 1 N–H and O–H groups in total. The zero-order chi connectivity index (χ0) is 12.1. The van der Waals surface area contributed by atoms with Gasteiger partial charge in [0.05, 0.1) is 31.7 Å². The van der Waals surface area contributed by atoms with Gasteiger partial charge in [0.15, 0.2) is 0 Å². The first-order chi connectivity index (χ1) is 8.24. The first-order valence-corrected chi connectivity index (χ1v) is 6.05. The molecule has 1 aliphatic heterocycles. The Morgan fingerprint density at radius 3 is 3.24 bits per heavy atom. The summed E-state index contributed by atoms with van der Waals surface area (Å²) in [7, 11) is 0. The Morgan fingerprint density at radius 2 is 2.53 bits per heavy atom. The van der Waals surface area contributed by atoms with Crippen molar-refractivity contribution in [3.63, 3.8) is 0 Å². The van der Waals surface area contributed by atoms with Crippen molar-refractivity contribution in [2.24, 2.45) is 0 Å². The Labute approximate surface area is 105 Å². The van der Waals surface area contributed by atoms with E-state index < -0.39 is 0 Å². The van der Waals surface area contributed by atoms with Crippen molar-refractivity contribution in [1.82, 2.24) is 9.97 Å². The SMILES string of the molecule is CC(COC1CCOC1)Nc1cncc(Cl)n1. The molecular formula is C11H16ClN3O2. The number of halogens is 1. The number of nitrogens with zero attached hydrogens (tertiary/aromatic N) is 2. The minimum atomic E-state index is 0.156. The number of rotatable bonds is 5. The Balaban J connectivity index is 1.74. The molecule has 0 radical (unpaired) electrons. The molecule has 0 spiro atoms. The van der Waals surface area contributed by atoms with Crippen LogP contribution in [0.3, 0.4) is 0 Å². The van der Waals surface area contributed by atoms with E-state index in [0.29, 0.717) is 24.2 Å². The predicted octanol–water partition coefficient (Wildman–Crippen LogP) is 1.74. The molecule has 0 saturated carbocycles. The Bertz CT molecular complexity index is 358. The van der Waals surface area contributed by atoms with Gasteiger partial charge in [-0.15, -0.1) is 0 Å². The van der Waals surface area contributed by atoms with Crippen molar-refractivity contribution in [1.29, 1.82) is 0 Å². The molecule has 0 amide bonds. The summed E-state index contributed by atoms with van der Waals surface area (Å²) < 4.78 is 10.9. The molecule has 1 aliphatic rings. The number of hydrogen-bond donors (Lipinski definition) is 1. The fourth-order valence-electron chi connectivity index (χ4n) is 1.63. The third kappa shape index (κ3) is 4.11. The summed E-state index contributed by atoms with van der Waals surface area (Å²) in [4.78, 5) is 8.06. The van der Waals surface area contributed by atoms with E-state index >= 15 is 0 Å². The summed E-state index contributed by atoms with van der Waals surface area (Å²) in [6, 6.07) is 0.156. The number of aromatic nitrogens is 2. The molecule has 17 heavy (non-hydrogen) atoms. The molecule has 6 heteroatoms. The number of ether oxygens (including phenoxy) is 2. The van der Waals surface area contributed by atoms with E-state index in [1.807, 2.05) is 6.92 Å². The smallest absolute Gasteiger partial charge is 0.149 e. The van der Waals surface area contributed by atoms with Crippen molar-refractivity contribution in [3.8, 4) is 0 Å². The molecule has 94 valence electrons. The van der Waals surface area contributed by atoms with Crippen LogP contribution in [0.2, 0.25) is 5.15 Å². The van der Waals surface area contributed by atoms with Crippen molar-refractivity contribution in [2.75, 3.05) is 25.1 Å². The van der Waals surface area contributed by atoms with E-state index in [2.05, 4.69) is 15.3 Å². The standard InChI is InChI=1S/C11H16ClN3O2/c1-8(6-17-9-2-3-16-7-9)14-11-5-13-4-10(12)15-11/h4-5,8-9H,2-3,6-7H2,1H3,(H,14,15). The van der Waals surface area contributed by atoms with Crippen LogP contribution < -0.4 is 5.32 Å². The van der Waals surface area contributed by atoms with Gasteiger partial charge in [0.1, 0.15) is 11.0 Å². The van der Waals surface area contributed by atoms with E-state index in [0.717, 1.165) is 13.0 Å². The molecule has 1 saturated heterocycles. The van der Waals surface area contributed by atoms with Gasteiger partial charge in [-0.1, -0.05) is 11.6 Å². The minimum Gasteiger partial charge on any atom is -0.379 e. The molecule has 0 bridgehead atoms. The normalized spacial score (nSPS) is 21.4. The van der Waals surface area contributed by atoms with Gasteiger partial charge < -0.3 is 14.8 Å². The van der Waals surface area contributed by atoms with E-state index in [1.54, 1.807) is 6.20 Å². The molecule has 1 aromatic rings. The fourth-order valence-corrected chi connectivity index (χ4v) is 1.78. The van der Waals surface area contributed by atoms with Gasteiger partial charge >= 0.3 is 0 Å². The predicted molar refractivity (Wildman–Crippen MR) is 65.3 cm³/mol. The second-order valence-corrected chi connectivity index (χ2v) is 4.48. The highest BCUT2D eigenvalue weighted by atomic mass is 35.5. The lowest BCUT2D eigenvalue weighted by Gasteiger charge is -2.17. The highest BCUT2D eigenvalue weighted by molar-refractivity contribution is 6.29. The second-order valence-electron chi connectivity index (χ2n) is 4.09. The van der Waals surface area contributed by atoms with Crippen molar-refractivity contribution >= 4 is 17.4 Å². The molecule has 2 heterocycles. The average Bonchev–Trinajstić information content (AvgIpc) is 2.79. The van der Waals surface area contributed by atoms with Crippen molar-refractivity contribution in [2.45, 2.75) is 25.5 Å². The first kappa shape index (κ1) is 12.5. The summed E-state index contributed by atoms with van der Waals surface area (Å²) >= 11 is 5.75. The van der Waals surface area contributed by atoms with E-state index in [-0.39, 0.29) is 12.1 Å². The van der Waals surface area contributed by atoms with Gasteiger partial charge in [0, 0.05) is 12.6 Å². The molecule has 5 nitrogen and oxygen atoms in total. The van der Waals surface area contributed by atoms with Crippen LogP contribution in [0.1, 0.15) is 13.3 Å². The lowest BCUT2D eigenvalue weighted by atomic mass is 10.3. The summed E-state index contributed by atoms with van der Waals surface area (Å²) in [5, 5.41) is 3.56. The number of anilines is 1. The maximum atomic E-state index is 5.75. The summed E-state index contributed by atoms with van der Waals surface area (Å²) in [5.74, 6) is 0.663. The summed E-state index contributed by atoms with van der Waals surface area (Å²) in [5.41, 5.74) is 0. The maximum absolute atomic E-state index is 5.75. The third-order valence-electron chi connectivity index (χ3n) is 2.47. The quantitative estimate of drug-likeness (QED) is 0.871. The van der Waals surface area contributed by atoms with Crippen LogP contribution in [0.15, 0.2) is 12.4 Å². The van der Waals surface area contributed by atoms with E-state index in [1.165, 1.54) is 6.20 Å². The maximum Gasteiger partial charge on any atom is 0.149 e. The molecule has 1 fully saturated rings. The molecule has 2 rings (SSSR count). The van der Waals surface area contributed by atoms with Gasteiger partial charge in [-0.3, -0.25) is 4.98 Å². The van der Waals surface area contributed by atoms with Crippen LogP contribution in [0.4, 0.5) is 5.82 Å². The number of hydrogen-bond acceptors (Lipinski definition) is 5. The monoisotopic (exact) mass is 257 g/mol. The van der Waals surface area contributed by atoms with Gasteiger partial charge in [-0.25, -0.2) is 4.98 Å². The highest BCUT2D eigenvalue weighted by Gasteiger charge is 2.17. The molecule has 2 atom stereocenters. The lowest BCUT2D eigenvalue weighted by Crippen LogP contribution is -2.26. The van der Waals surface area contributed by atoms with Gasteiger partial charge in [0.25, 0.3) is 0 Å². The molecule has 0 aromatic carbocycles. The minimum absolute atomic E-state index is 0.156. The van der Waals surface area contributed by atoms with Crippen molar-refractivity contribution < 1.29 is 9.47 Å². The topological polar surface area (TPSA) is 56.3 Å². The Kier molecular flexibility index (Phi) is 4.53. The van der Waals surface area contributed by atoms with Crippen LogP contribution in [0.5, 0.6) is 0 Å². The molecule has 1 aromatic heterocycles. The van der Waals surface area contributed by atoms with Crippen LogP contribution >= 0.6 is 11.6 Å². The van der Waals surface area contributed by atoms with E-state index in [9.17, 15) is 0 Å². The third-order valence-corrected chi connectivity index (χ3v) is 2.65. The van der Waals surface area contributed by atoms with Gasteiger partial charge in [0.2, 0.25) is 0 Å². The summed E-state index contributed by atoms with van der Waals surface area (Å²) in [6.07, 6.45) is 4.35. The van der Waals surface area contributed by atoms with Crippen LogP contribution in [0, 0.1) is 0 Å². The van der Waals surface area contributed by atoms with Crippen LogP contribution in [-0.4, -0.2) is 41.9 Å².